The molecule has 3 heterocycles. The van der Waals surface area contributed by atoms with E-state index in [0.717, 1.165) is 41.5 Å². The quantitative estimate of drug-likeness (QED) is 0.435. The Morgan fingerprint density at radius 2 is 2.13 bits per heavy atom. The fraction of sp³-hybridized carbons (Fsp3) is 0.650. The monoisotopic (exact) mass is 485 g/mol. The van der Waals surface area contributed by atoms with Gasteiger partial charge in [-0.3, -0.25) is 14.2 Å². The number of nitrogens with zero attached hydrogens (tertiary/aromatic N) is 3. The summed E-state index contributed by atoms with van der Waals surface area (Å²) in [5, 5.41) is 1.23. The molecule has 4 rings (SSSR count). The van der Waals surface area contributed by atoms with Crippen molar-refractivity contribution in [2.75, 3.05) is 38.0 Å². The summed E-state index contributed by atoms with van der Waals surface area (Å²) in [5.74, 6) is 0.0810. The molecule has 1 saturated heterocycles. The number of thiophene rings is 1. The number of sulfone groups is 1. The number of carbonyl (C=O) groups is 1. The molecule has 170 valence electrons. The molecule has 2 aromatic rings. The minimum Gasteiger partial charge on any atom is -0.383 e. The normalized spacial score (nSPS) is 20.1. The summed E-state index contributed by atoms with van der Waals surface area (Å²) in [6.07, 6.45) is 4.60. The Morgan fingerprint density at radius 1 is 1.35 bits per heavy atom. The van der Waals surface area contributed by atoms with Crippen molar-refractivity contribution in [3.05, 3.63) is 20.8 Å². The van der Waals surface area contributed by atoms with Crippen LogP contribution < -0.4 is 5.56 Å². The van der Waals surface area contributed by atoms with Crippen molar-refractivity contribution < 1.29 is 17.9 Å². The number of aryl methyl sites for hydroxylation is 2. The highest BCUT2D eigenvalue weighted by molar-refractivity contribution is 7.99. The Balaban J connectivity index is 1.59. The number of fused-ring (bicyclic) bond motifs is 3. The van der Waals surface area contributed by atoms with Crippen LogP contribution in [0.25, 0.3) is 10.2 Å². The maximum absolute atomic E-state index is 13.3. The molecule has 31 heavy (non-hydrogen) atoms. The third-order valence-corrected chi connectivity index (χ3v) is 9.93. The van der Waals surface area contributed by atoms with Crippen molar-refractivity contribution in [2.45, 2.75) is 49.8 Å². The van der Waals surface area contributed by atoms with E-state index in [-0.39, 0.29) is 34.8 Å². The van der Waals surface area contributed by atoms with E-state index in [4.69, 9.17) is 9.72 Å². The number of hydrogen-bond acceptors (Lipinski definition) is 8. The number of hydrogen-bond donors (Lipinski definition) is 0. The summed E-state index contributed by atoms with van der Waals surface area (Å²) >= 11 is 2.82. The smallest absolute Gasteiger partial charge is 0.263 e. The summed E-state index contributed by atoms with van der Waals surface area (Å²) in [6.45, 7) is 0.747. The van der Waals surface area contributed by atoms with Gasteiger partial charge < -0.3 is 9.64 Å². The Hall–Kier alpha value is -1.43. The van der Waals surface area contributed by atoms with Crippen LogP contribution in [0.3, 0.4) is 0 Å². The highest BCUT2D eigenvalue weighted by atomic mass is 32.2. The van der Waals surface area contributed by atoms with Crippen molar-refractivity contribution in [3.8, 4) is 0 Å². The van der Waals surface area contributed by atoms with E-state index in [1.54, 1.807) is 30.1 Å². The van der Waals surface area contributed by atoms with Crippen LogP contribution in [-0.4, -0.2) is 72.8 Å². The van der Waals surface area contributed by atoms with E-state index in [1.165, 1.54) is 21.5 Å². The van der Waals surface area contributed by atoms with Crippen molar-refractivity contribution >= 4 is 49.1 Å². The van der Waals surface area contributed by atoms with Gasteiger partial charge in [-0.15, -0.1) is 11.3 Å². The summed E-state index contributed by atoms with van der Waals surface area (Å²) in [7, 11) is 0.176. The van der Waals surface area contributed by atoms with E-state index in [0.29, 0.717) is 24.7 Å². The minimum absolute atomic E-state index is 0.0173. The Kier molecular flexibility index (Phi) is 6.76. The van der Waals surface area contributed by atoms with Crippen LogP contribution in [0.4, 0.5) is 0 Å². The zero-order valence-electron chi connectivity index (χ0n) is 17.8. The number of amides is 1. The lowest BCUT2D eigenvalue weighted by atomic mass is 9.97. The van der Waals surface area contributed by atoms with Crippen molar-refractivity contribution in [3.63, 3.8) is 0 Å². The van der Waals surface area contributed by atoms with E-state index in [9.17, 15) is 18.0 Å². The van der Waals surface area contributed by atoms with Crippen LogP contribution in [0.5, 0.6) is 0 Å². The maximum Gasteiger partial charge on any atom is 0.263 e. The molecule has 2 aromatic heterocycles. The second-order valence-corrected chi connectivity index (χ2v) is 12.3. The third kappa shape index (κ3) is 4.69. The molecule has 1 amide bonds. The Labute approximate surface area is 189 Å². The lowest BCUT2D eigenvalue weighted by molar-refractivity contribution is -0.128. The number of methoxy groups -OCH3 is 1. The van der Waals surface area contributed by atoms with Gasteiger partial charge in [0, 0.05) is 25.1 Å². The van der Waals surface area contributed by atoms with Crippen LogP contribution >= 0.6 is 23.1 Å². The van der Waals surface area contributed by atoms with E-state index in [2.05, 4.69) is 0 Å². The lowest BCUT2D eigenvalue weighted by Crippen LogP contribution is -2.39. The summed E-state index contributed by atoms with van der Waals surface area (Å²) in [4.78, 5) is 34.4. The van der Waals surface area contributed by atoms with Gasteiger partial charge in [-0.05, 0) is 37.7 Å². The predicted octanol–water partition coefficient (Wildman–Crippen LogP) is 1.72. The van der Waals surface area contributed by atoms with Crippen LogP contribution in [0, 0.1) is 0 Å². The molecule has 8 nitrogen and oxygen atoms in total. The standard InChI is InChI=1S/C20H27N3O5S3/c1-22(13-7-10-31(26,27)12-13)16(24)11-29-20-21-18-17(19(25)23(20)8-9-28-2)14-5-3-4-6-15(14)30-18/h13H,3-12H2,1-2H3. The van der Waals surface area contributed by atoms with Crippen LogP contribution in [0.15, 0.2) is 9.95 Å². The largest absolute Gasteiger partial charge is 0.383 e. The van der Waals surface area contributed by atoms with Gasteiger partial charge in [-0.2, -0.15) is 0 Å². The molecule has 0 radical (unpaired) electrons. The summed E-state index contributed by atoms with van der Waals surface area (Å²) in [5.41, 5.74) is 1.08. The van der Waals surface area contributed by atoms with Gasteiger partial charge in [-0.25, -0.2) is 13.4 Å². The van der Waals surface area contributed by atoms with Crippen molar-refractivity contribution in [1.29, 1.82) is 0 Å². The van der Waals surface area contributed by atoms with Gasteiger partial charge in [0.2, 0.25) is 5.91 Å². The number of thioether (sulfide) groups is 1. The molecule has 2 aliphatic rings. The van der Waals surface area contributed by atoms with Crippen molar-refractivity contribution in [2.24, 2.45) is 0 Å². The third-order valence-electron chi connectivity index (χ3n) is 6.03. The molecule has 11 heteroatoms. The highest BCUT2D eigenvalue weighted by Gasteiger charge is 2.33. The Morgan fingerprint density at radius 3 is 2.84 bits per heavy atom. The first-order valence-corrected chi connectivity index (χ1v) is 14.1. The van der Waals surface area contributed by atoms with Crippen molar-refractivity contribution in [1.82, 2.24) is 14.5 Å². The minimum atomic E-state index is -3.06. The number of aromatic nitrogens is 2. The van der Waals surface area contributed by atoms with Gasteiger partial charge in [0.25, 0.3) is 5.56 Å². The molecule has 1 unspecified atom stereocenters. The molecular weight excluding hydrogens is 458 g/mol. The van der Waals surface area contributed by atoms with E-state index in [1.807, 2.05) is 0 Å². The van der Waals surface area contributed by atoms with Gasteiger partial charge in [0.1, 0.15) is 4.83 Å². The molecule has 1 fully saturated rings. The van der Waals surface area contributed by atoms with E-state index < -0.39 is 9.84 Å². The molecule has 1 aliphatic heterocycles. The molecule has 0 N–H and O–H groups in total. The van der Waals surface area contributed by atoms with Crippen LogP contribution in [0.1, 0.15) is 29.7 Å². The van der Waals surface area contributed by atoms with Gasteiger partial charge in [0.05, 0.1) is 35.8 Å². The zero-order chi connectivity index (χ0) is 22.2. The van der Waals surface area contributed by atoms with Gasteiger partial charge in [0.15, 0.2) is 15.0 Å². The molecular formula is C20H27N3O5S3. The van der Waals surface area contributed by atoms with Gasteiger partial charge >= 0.3 is 0 Å². The highest BCUT2D eigenvalue weighted by Crippen LogP contribution is 2.34. The van der Waals surface area contributed by atoms with Gasteiger partial charge in [-0.1, -0.05) is 11.8 Å². The lowest BCUT2D eigenvalue weighted by Gasteiger charge is -2.23. The molecule has 0 aromatic carbocycles. The topological polar surface area (TPSA) is 98.6 Å². The first-order chi connectivity index (χ1) is 14.8. The maximum atomic E-state index is 13.3. The first kappa shape index (κ1) is 22.8. The number of carbonyl (C=O) groups excluding carboxylic acids is 1. The van der Waals surface area contributed by atoms with Crippen LogP contribution in [0.2, 0.25) is 0 Å². The fourth-order valence-corrected chi connectivity index (χ4v) is 8.25. The number of rotatable bonds is 7. The fourth-order valence-electron chi connectivity index (χ4n) is 4.22. The summed E-state index contributed by atoms with van der Waals surface area (Å²) < 4.78 is 30.3. The second kappa shape index (κ2) is 9.21. The average Bonchev–Trinajstić information content (AvgIpc) is 3.30. The molecule has 0 saturated carbocycles. The predicted molar refractivity (Wildman–Crippen MR) is 123 cm³/mol. The molecule has 0 spiro atoms. The van der Waals surface area contributed by atoms with Crippen LogP contribution in [-0.2, 0) is 38.8 Å². The summed E-state index contributed by atoms with van der Waals surface area (Å²) in [6, 6.07) is -0.284. The number of ether oxygens (including phenoxy) is 1. The zero-order valence-corrected chi connectivity index (χ0v) is 20.2. The van der Waals surface area contributed by atoms with E-state index >= 15 is 0 Å². The first-order valence-electron chi connectivity index (χ1n) is 10.4. The average molecular weight is 486 g/mol. The molecule has 1 atom stereocenters. The second-order valence-electron chi connectivity index (χ2n) is 8.09. The SMILES string of the molecule is COCCn1c(SCC(=O)N(C)C2CCS(=O)(=O)C2)nc2sc3c(c2c1=O)CCCC3. The molecule has 0 bridgehead atoms. The molecule has 1 aliphatic carbocycles. The Bertz CT molecular complexity index is 1150.